The number of hydrogen-bond acceptors (Lipinski definition) is 3. The molecule has 16 heavy (non-hydrogen) atoms. The zero-order valence-electron chi connectivity index (χ0n) is 9.77. The van der Waals surface area contributed by atoms with Crippen LogP contribution in [0.15, 0.2) is 0 Å². The van der Waals surface area contributed by atoms with Gasteiger partial charge in [0.2, 0.25) is 0 Å². The zero-order chi connectivity index (χ0) is 11.4. The van der Waals surface area contributed by atoms with Crippen LogP contribution in [0.1, 0.15) is 51.4 Å². The molecule has 1 N–H and O–H groups in total. The van der Waals surface area contributed by atoms with Crippen LogP contribution in [-0.2, 0) is 4.74 Å². The Balaban J connectivity index is 1.68. The van der Waals surface area contributed by atoms with Crippen LogP contribution in [0.5, 0.6) is 0 Å². The van der Waals surface area contributed by atoms with Crippen molar-refractivity contribution in [1.29, 1.82) is 5.26 Å². The number of fused-ring (bicyclic) bond motifs is 2. The number of aliphatic hydroxyl groups excluding tert-OH is 1. The summed E-state index contributed by atoms with van der Waals surface area (Å²) in [5.41, 5.74) is 0. The summed E-state index contributed by atoms with van der Waals surface area (Å²) in [5.74, 6) is 0.738. The van der Waals surface area contributed by atoms with Gasteiger partial charge >= 0.3 is 0 Å². The lowest BCUT2D eigenvalue weighted by atomic mass is 9.85. The Hall–Kier alpha value is -0.590. The van der Waals surface area contributed by atoms with Crippen LogP contribution in [0.25, 0.3) is 0 Å². The van der Waals surface area contributed by atoms with Gasteiger partial charge < -0.3 is 9.84 Å². The van der Waals surface area contributed by atoms with E-state index in [1.807, 2.05) is 0 Å². The molecular weight excluding hydrogens is 202 g/mol. The molecule has 1 aliphatic heterocycles. The van der Waals surface area contributed by atoms with Crippen LogP contribution in [-0.4, -0.2) is 23.4 Å². The van der Waals surface area contributed by atoms with Crippen molar-refractivity contribution in [3.8, 4) is 6.07 Å². The van der Waals surface area contributed by atoms with Crippen molar-refractivity contribution in [1.82, 2.24) is 0 Å². The molecular formula is C13H21NO2. The maximum absolute atomic E-state index is 9.67. The van der Waals surface area contributed by atoms with E-state index < -0.39 is 0 Å². The summed E-state index contributed by atoms with van der Waals surface area (Å²) in [7, 11) is 0. The molecule has 1 saturated carbocycles. The molecule has 1 aliphatic carbocycles. The quantitative estimate of drug-likeness (QED) is 0.778. The van der Waals surface area contributed by atoms with Gasteiger partial charge in [-0.1, -0.05) is 6.42 Å². The SMILES string of the molecule is N#CCC[C@H](O)CC[C@@H]1O[C@H]2CCC[C@@H]1C2. The van der Waals surface area contributed by atoms with Gasteiger partial charge in [-0.25, -0.2) is 0 Å². The molecule has 0 unspecified atom stereocenters. The number of nitrogens with zero attached hydrogens (tertiary/aromatic N) is 1. The van der Waals surface area contributed by atoms with Crippen LogP contribution < -0.4 is 0 Å². The number of nitriles is 1. The molecule has 4 atom stereocenters. The normalized spacial score (nSPS) is 34.6. The molecule has 3 nitrogen and oxygen atoms in total. The van der Waals surface area contributed by atoms with E-state index in [1.165, 1.54) is 25.7 Å². The minimum absolute atomic E-state index is 0.316. The summed E-state index contributed by atoms with van der Waals surface area (Å²) in [6, 6.07) is 2.07. The van der Waals surface area contributed by atoms with Gasteiger partial charge in [0.15, 0.2) is 0 Å². The maximum atomic E-state index is 9.67. The molecule has 0 amide bonds. The Morgan fingerprint density at radius 1 is 1.38 bits per heavy atom. The van der Waals surface area contributed by atoms with E-state index in [1.54, 1.807) is 0 Å². The summed E-state index contributed by atoms with van der Waals surface area (Å²) in [4.78, 5) is 0. The average Bonchev–Trinajstić information content (AvgIpc) is 2.58. The van der Waals surface area contributed by atoms with E-state index in [0.717, 1.165) is 18.8 Å². The second-order valence-electron chi connectivity index (χ2n) is 5.15. The highest BCUT2D eigenvalue weighted by atomic mass is 16.5. The largest absolute Gasteiger partial charge is 0.393 e. The van der Waals surface area contributed by atoms with E-state index in [0.29, 0.717) is 25.0 Å². The molecule has 0 spiro atoms. The second-order valence-corrected chi connectivity index (χ2v) is 5.15. The first-order chi connectivity index (χ1) is 7.79. The third kappa shape index (κ3) is 2.96. The van der Waals surface area contributed by atoms with E-state index >= 15 is 0 Å². The first kappa shape index (κ1) is 11.9. The minimum Gasteiger partial charge on any atom is -0.393 e. The first-order valence-corrected chi connectivity index (χ1v) is 6.50. The number of aliphatic hydroxyl groups is 1. The molecule has 2 bridgehead atoms. The second kappa shape index (κ2) is 5.65. The van der Waals surface area contributed by atoms with Gasteiger partial charge in [-0.3, -0.25) is 0 Å². The van der Waals surface area contributed by atoms with Gasteiger partial charge in [0.25, 0.3) is 0 Å². The fraction of sp³-hybridized carbons (Fsp3) is 0.923. The van der Waals surface area contributed by atoms with Crippen molar-refractivity contribution < 1.29 is 9.84 Å². The fourth-order valence-corrected chi connectivity index (χ4v) is 3.04. The van der Waals surface area contributed by atoms with Crippen LogP contribution >= 0.6 is 0 Å². The Labute approximate surface area is 97.4 Å². The molecule has 0 aromatic heterocycles. The summed E-state index contributed by atoms with van der Waals surface area (Å²) < 4.78 is 5.96. The predicted octanol–water partition coefficient (Wildman–Crippen LogP) is 2.39. The molecule has 2 fully saturated rings. The lowest BCUT2D eigenvalue weighted by molar-refractivity contribution is 0.0254. The molecule has 0 radical (unpaired) electrons. The van der Waals surface area contributed by atoms with Crippen molar-refractivity contribution in [3.63, 3.8) is 0 Å². The molecule has 0 aromatic carbocycles. The van der Waals surface area contributed by atoms with Crippen molar-refractivity contribution in [2.24, 2.45) is 5.92 Å². The van der Waals surface area contributed by atoms with Crippen LogP contribution in [0, 0.1) is 17.2 Å². The molecule has 1 saturated heterocycles. The molecule has 2 aliphatic rings. The van der Waals surface area contributed by atoms with Gasteiger partial charge in [0.1, 0.15) is 0 Å². The van der Waals surface area contributed by atoms with Crippen molar-refractivity contribution in [2.75, 3.05) is 0 Å². The molecule has 2 rings (SSSR count). The van der Waals surface area contributed by atoms with Gasteiger partial charge in [0.05, 0.1) is 24.4 Å². The van der Waals surface area contributed by atoms with Crippen LogP contribution in [0.2, 0.25) is 0 Å². The number of hydrogen-bond donors (Lipinski definition) is 1. The van der Waals surface area contributed by atoms with Gasteiger partial charge in [-0.2, -0.15) is 5.26 Å². The number of rotatable bonds is 5. The standard InChI is InChI=1S/C13H21NO2/c14-8-2-4-11(15)6-7-13-10-3-1-5-12(9-10)16-13/h10-13,15H,1-7,9H2/t10-,11+,12+,13+/m1/s1. The highest BCUT2D eigenvalue weighted by Gasteiger charge is 2.37. The summed E-state index contributed by atoms with van der Waals surface area (Å²) >= 11 is 0. The Morgan fingerprint density at radius 2 is 2.25 bits per heavy atom. The van der Waals surface area contributed by atoms with E-state index in [-0.39, 0.29) is 6.10 Å². The summed E-state index contributed by atoms with van der Waals surface area (Å²) in [6.07, 6.45) is 8.45. The Kier molecular flexibility index (Phi) is 4.20. The third-order valence-corrected chi connectivity index (χ3v) is 3.93. The molecule has 3 heteroatoms. The van der Waals surface area contributed by atoms with E-state index in [4.69, 9.17) is 10.00 Å². The highest BCUT2D eigenvalue weighted by Crippen LogP contribution is 2.39. The fourth-order valence-electron chi connectivity index (χ4n) is 3.04. The Bertz CT molecular complexity index is 261. The van der Waals surface area contributed by atoms with Crippen molar-refractivity contribution >= 4 is 0 Å². The van der Waals surface area contributed by atoms with E-state index in [9.17, 15) is 5.11 Å². The maximum Gasteiger partial charge on any atom is 0.0622 e. The first-order valence-electron chi connectivity index (χ1n) is 6.50. The topological polar surface area (TPSA) is 53.2 Å². The monoisotopic (exact) mass is 223 g/mol. The Morgan fingerprint density at radius 3 is 3.00 bits per heavy atom. The highest BCUT2D eigenvalue weighted by molar-refractivity contribution is 4.87. The van der Waals surface area contributed by atoms with Gasteiger partial charge in [-0.15, -0.1) is 0 Å². The molecule has 1 heterocycles. The van der Waals surface area contributed by atoms with Crippen LogP contribution in [0.3, 0.4) is 0 Å². The van der Waals surface area contributed by atoms with Gasteiger partial charge in [-0.05, 0) is 44.4 Å². The van der Waals surface area contributed by atoms with Crippen molar-refractivity contribution in [3.05, 3.63) is 0 Å². The third-order valence-electron chi connectivity index (χ3n) is 3.93. The lowest BCUT2D eigenvalue weighted by Gasteiger charge is -2.19. The van der Waals surface area contributed by atoms with E-state index in [2.05, 4.69) is 6.07 Å². The zero-order valence-corrected chi connectivity index (χ0v) is 9.77. The van der Waals surface area contributed by atoms with Crippen LogP contribution in [0.4, 0.5) is 0 Å². The summed E-state index contributed by atoms with van der Waals surface area (Å²) in [6.45, 7) is 0. The molecule has 90 valence electrons. The minimum atomic E-state index is -0.316. The molecule has 0 aromatic rings. The van der Waals surface area contributed by atoms with Crippen molar-refractivity contribution in [2.45, 2.75) is 69.7 Å². The van der Waals surface area contributed by atoms with Gasteiger partial charge in [0, 0.05) is 6.42 Å². The predicted molar refractivity (Wildman–Crippen MR) is 60.7 cm³/mol. The number of ether oxygens (including phenoxy) is 1. The average molecular weight is 223 g/mol. The smallest absolute Gasteiger partial charge is 0.0622 e. The summed E-state index contributed by atoms with van der Waals surface area (Å²) in [5, 5.41) is 18.1. The lowest BCUT2D eigenvalue weighted by Crippen LogP contribution is -2.18.